The van der Waals surface area contributed by atoms with Gasteiger partial charge in [0.05, 0.1) is 19.3 Å². The third-order valence-corrected chi connectivity index (χ3v) is 4.66. The van der Waals surface area contributed by atoms with Gasteiger partial charge < -0.3 is 10.4 Å². The van der Waals surface area contributed by atoms with Crippen LogP contribution in [0.4, 0.5) is 0 Å². The van der Waals surface area contributed by atoms with Gasteiger partial charge in [0, 0.05) is 29.6 Å². The molecule has 0 spiro atoms. The highest BCUT2D eigenvalue weighted by Gasteiger charge is 2.20. The van der Waals surface area contributed by atoms with E-state index >= 15 is 0 Å². The Morgan fingerprint density at radius 2 is 2.44 bits per heavy atom. The van der Waals surface area contributed by atoms with Crippen LogP contribution in [0.5, 0.6) is 0 Å². The highest BCUT2D eigenvalue weighted by atomic mass is 32.2. The predicted octanol–water partition coefficient (Wildman–Crippen LogP) is 1.64. The minimum Gasteiger partial charge on any atom is -0.394 e. The minimum atomic E-state index is 0.145. The number of nitrogens with zero attached hydrogens (tertiary/aromatic N) is 2. The van der Waals surface area contributed by atoms with Gasteiger partial charge in [0.25, 0.3) is 0 Å². The van der Waals surface area contributed by atoms with Crippen molar-refractivity contribution < 1.29 is 5.11 Å². The van der Waals surface area contributed by atoms with Gasteiger partial charge in [0.2, 0.25) is 0 Å². The Morgan fingerprint density at radius 3 is 3.22 bits per heavy atom. The van der Waals surface area contributed by atoms with Gasteiger partial charge >= 0.3 is 0 Å². The van der Waals surface area contributed by atoms with Gasteiger partial charge in [-0.25, -0.2) is 0 Å². The first-order chi connectivity index (χ1) is 8.81. The van der Waals surface area contributed by atoms with E-state index in [0.29, 0.717) is 12.6 Å². The number of rotatable bonds is 6. The van der Waals surface area contributed by atoms with Crippen molar-refractivity contribution in [3.8, 4) is 0 Å². The van der Waals surface area contributed by atoms with Crippen LogP contribution >= 0.6 is 11.8 Å². The van der Waals surface area contributed by atoms with Gasteiger partial charge in [-0.05, 0) is 25.5 Å². The highest BCUT2D eigenvalue weighted by molar-refractivity contribution is 7.99. The average molecular weight is 269 g/mol. The summed E-state index contributed by atoms with van der Waals surface area (Å²) in [4.78, 5) is 0. The molecule has 0 radical (unpaired) electrons. The van der Waals surface area contributed by atoms with Gasteiger partial charge in [-0.1, -0.05) is 6.42 Å². The molecule has 2 unspecified atom stereocenters. The lowest BCUT2D eigenvalue weighted by Gasteiger charge is -2.28. The second kappa shape index (κ2) is 7.16. The molecule has 1 heterocycles. The minimum absolute atomic E-state index is 0.145. The molecule has 1 aromatic rings. The predicted molar refractivity (Wildman–Crippen MR) is 75.7 cm³/mol. The summed E-state index contributed by atoms with van der Waals surface area (Å²) in [6.45, 7) is 1.61. The fourth-order valence-corrected chi connectivity index (χ4v) is 3.36. The van der Waals surface area contributed by atoms with E-state index in [4.69, 9.17) is 5.11 Å². The van der Waals surface area contributed by atoms with E-state index in [-0.39, 0.29) is 6.61 Å². The molecule has 18 heavy (non-hydrogen) atoms. The van der Waals surface area contributed by atoms with Crippen LogP contribution < -0.4 is 5.32 Å². The Balaban J connectivity index is 1.76. The van der Waals surface area contributed by atoms with Crippen LogP contribution in [-0.4, -0.2) is 39.0 Å². The normalized spacial score (nSPS) is 24.3. The summed E-state index contributed by atoms with van der Waals surface area (Å²) in [5.74, 6) is 0. The number of hydrogen-bond acceptors (Lipinski definition) is 4. The van der Waals surface area contributed by atoms with Crippen LogP contribution in [0, 0.1) is 0 Å². The van der Waals surface area contributed by atoms with Gasteiger partial charge in [-0.15, -0.1) is 0 Å². The van der Waals surface area contributed by atoms with Crippen molar-refractivity contribution in [1.82, 2.24) is 15.1 Å². The van der Waals surface area contributed by atoms with Crippen LogP contribution in [0.1, 0.15) is 31.2 Å². The molecule has 1 aliphatic rings. The molecular weight excluding hydrogens is 246 g/mol. The van der Waals surface area contributed by atoms with Crippen molar-refractivity contribution >= 4 is 11.8 Å². The Labute approximate surface area is 113 Å². The van der Waals surface area contributed by atoms with Crippen molar-refractivity contribution in [2.24, 2.45) is 0 Å². The fourth-order valence-electron chi connectivity index (χ4n) is 2.53. The van der Waals surface area contributed by atoms with Crippen molar-refractivity contribution in [1.29, 1.82) is 0 Å². The SMILES string of the molecule is CSC1CCCC(NCc2cnn(CCO)c2)C1. The number of aliphatic hydroxyl groups excluding tert-OH is 1. The lowest BCUT2D eigenvalue weighted by Crippen LogP contribution is -2.34. The number of thioether (sulfide) groups is 1. The lowest BCUT2D eigenvalue weighted by atomic mass is 9.95. The fraction of sp³-hybridized carbons (Fsp3) is 0.769. The molecule has 5 heteroatoms. The number of nitrogens with one attached hydrogen (secondary N) is 1. The van der Waals surface area contributed by atoms with E-state index in [0.717, 1.165) is 11.8 Å². The zero-order valence-electron chi connectivity index (χ0n) is 11.0. The first-order valence-electron chi connectivity index (χ1n) is 6.70. The van der Waals surface area contributed by atoms with E-state index in [1.54, 1.807) is 4.68 Å². The summed E-state index contributed by atoms with van der Waals surface area (Å²) in [6.07, 6.45) is 11.4. The molecule has 1 saturated carbocycles. The molecule has 102 valence electrons. The molecule has 2 rings (SSSR count). The second-order valence-corrected chi connectivity index (χ2v) is 6.08. The summed E-state index contributed by atoms with van der Waals surface area (Å²) >= 11 is 2.00. The Hall–Kier alpha value is -0.520. The summed E-state index contributed by atoms with van der Waals surface area (Å²) in [5, 5.41) is 17.5. The van der Waals surface area contributed by atoms with Crippen LogP contribution in [-0.2, 0) is 13.1 Å². The van der Waals surface area contributed by atoms with Crippen LogP contribution in [0.2, 0.25) is 0 Å². The van der Waals surface area contributed by atoms with Gasteiger partial charge in [-0.2, -0.15) is 16.9 Å². The average Bonchev–Trinajstić information content (AvgIpc) is 2.85. The Bertz CT molecular complexity index is 356. The summed E-state index contributed by atoms with van der Waals surface area (Å²) in [7, 11) is 0. The molecule has 0 saturated heterocycles. The standard InChI is InChI=1S/C13H23N3OS/c1-18-13-4-2-3-12(7-13)14-8-11-9-15-16(10-11)5-6-17/h9-10,12-14,17H,2-8H2,1H3. The highest BCUT2D eigenvalue weighted by Crippen LogP contribution is 2.26. The van der Waals surface area contributed by atoms with Crippen molar-refractivity contribution in [3.05, 3.63) is 18.0 Å². The molecule has 0 aliphatic heterocycles. The van der Waals surface area contributed by atoms with Crippen LogP contribution in [0.15, 0.2) is 12.4 Å². The zero-order valence-corrected chi connectivity index (χ0v) is 11.8. The van der Waals surface area contributed by atoms with Gasteiger partial charge in [0.1, 0.15) is 0 Å². The summed E-state index contributed by atoms with van der Waals surface area (Å²) < 4.78 is 1.79. The molecular formula is C13H23N3OS. The number of aromatic nitrogens is 2. The monoisotopic (exact) mass is 269 g/mol. The molecule has 2 atom stereocenters. The van der Waals surface area contributed by atoms with Crippen molar-refractivity contribution in [2.75, 3.05) is 12.9 Å². The molecule has 0 aromatic carbocycles. The molecule has 1 aliphatic carbocycles. The summed E-state index contributed by atoms with van der Waals surface area (Å²) in [6, 6.07) is 0.650. The maximum Gasteiger partial charge on any atom is 0.0640 e. The van der Waals surface area contributed by atoms with E-state index in [2.05, 4.69) is 16.7 Å². The van der Waals surface area contributed by atoms with Gasteiger partial charge in [0.15, 0.2) is 0 Å². The first kappa shape index (κ1) is 13.9. The molecule has 4 nitrogen and oxygen atoms in total. The smallest absolute Gasteiger partial charge is 0.0640 e. The third kappa shape index (κ3) is 4.00. The van der Waals surface area contributed by atoms with Crippen LogP contribution in [0.3, 0.4) is 0 Å². The molecule has 0 amide bonds. The molecule has 2 N–H and O–H groups in total. The Morgan fingerprint density at radius 1 is 1.56 bits per heavy atom. The largest absolute Gasteiger partial charge is 0.394 e. The van der Waals surface area contributed by atoms with Crippen molar-refractivity contribution in [3.63, 3.8) is 0 Å². The first-order valence-corrected chi connectivity index (χ1v) is 7.99. The van der Waals surface area contributed by atoms with Crippen molar-refractivity contribution in [2.45, 2.75) is 50.1 Å². The van der Waals surface area contributed by atoms with E-state index in [1.165, 1.54) is 31.2 Å². The topological polar surface area (TPSA) is 50.1 Å². The maximum absolute atomic E-state index is 8.84. The lowest BCUT2D eigenvalue weighted by molar-refractivity contribution is 0.269. The Kier molecular flexibility index (Phi) is 5.53. The second-order valence-electron chi connectivity index (χ2n) is 4.94. The quantitative estimate of drug-likeness (QED) is 0.824. The number of aliphatic hydroxyl groups is 1. The third-order valence-electron chi connectivity index (χ3n) is 3.57. The van der Waals surface area contributed by atoms with E-state index in [9.17, 15) is 0 Å². The molecule has 1 aromatic heterocycles. The van der Waals surface area contributed by atoms with E-state index in [1.807, 2.05) is 24.2 Å². The van der Waals surface area contributed by atoms with Crippen LogP contribution in [0.25, 0.3) is 0 Å². The maximum atomic E-state index is 8.84. The van der Waals surface area contributed by atoms with Gasteiger partial charge in [-0.3, -0.25) is 4.68 Å². The number of hydrogen-bond donors (Lipinski definition) is 2. The summed E-state index contributed by atoms with van der Waals surface area (Å²) in [5.41, 5.74) is 1.20. The van der Waals surface area contributed by atoms with E-state index < -0.39 is 0 Å². The molecule has 1 fully saturated rings. The zero-order chi connectivity index (χ0) is 12.8. The molecule has 0 bridgehead atoms.